The summed E-state index contributed by atoms with van der Waals surface area (Å²) in [5.74, 6) is -0.834. The van der Waals surface area contributed by atoms with Crippen LogP contribution in [-0.4, -0.2) is 31.1 Å². The van der Waals surface area contributed by atoms with E-state index in [4.69, 9.17) is 11.6 Å². The number of ether oxygens (including phenoxy) is 1. The van der Waals surface area contributed by atoms with Crippen molar-refractivity contribution in [2.24, 2.45) is 0 Å². The molecule has 0 bridgehead atoms. The average Bonchev–Trinajstić information content (AvgIpc) is 2.46. The first-order valence-corrected chi connectivity index (χ1v) is 7.42. The second kappa shape index (κ2) is 8.07. The summed E-state index contributed by atoms with van der Waals surface area (Å²) in [6.07, 6.45) is 2.06. The van der Waals surface area contributed by atoms with Crippen molar-refractivity contribution in [1.29, 1.82) is 0 Å². The fourth-order valence-corrected chi connectivity index (χ4v) is 2.06. The van der Waals surface area contributed by atoms with E-state index in [-0.39, 0.29) is 24.2 Å². The summed E-state index contributed by atoms with van der Waals surface area (Å²) in [4.78, 5) is 23.9. The zero-order valence-electron chi connectivity index (χ0n) is 10.8. The van der Waals surface area contributed by atoms with Crippen molar-refractivity contribution >= 4 is 35.2 Å². The number of rotatable bonds is 6. The number of methoxy groups -OCH3 is 1. The number of amides is 1. The first-order chi connectivity index (χ1) is 9.10. The Morgan fingerprint density at radius 1 is 1.37 bits per heavy atom. The predicted octanol–water partition coefficient (Wildman–Crippen LogP) is 2.37. The Kier molecular flexibility index (Phi) is 6.73. The standard InChI is InChI=1S/C13H16ClNO3S/c1-18-13(17)7-11(15-12(16)8-14)9-3-5-10(19-2)6-4-9/h3-6,11H,7-8H2,1-2H3,(H,15,16). The summed E-state index contributed by atoms with van der Waals surface area (Å²) in [5.41, 5.74) is 0.849. The molecule has 1 rings (SSSR count). The zero-order chi connectivity index (χ0) is 14.3. The number of benzene rings is 1. The van der Waals surface area contributed by atoms with Crippen LogP contribution in [0.4, 0.5) is 0 Å². The van der Waals surface area contributed by atoms with E-state index in [2.05, 4.69) is 10.1 Å². The second-order valence-electron chi connectivity index (χ2n) is 3.81. The van der Waals surface area contributed by atoms with E-state index in [1.165, 1.54) is 7.11 Å². The summed E-state index contributed by atoms with van der Waals surface area (Å²) in [6, 6.07) is 7.23. The molecule has 1 unspecified atom stereocenters. The quantitative estimate of drug-likeness (QED) is 0.498. The number of halogens is 1. The third kappa shape index (κ3) is 5.12. The summed E-state index contributed by atoms with van der Waals surface area (Å²) < 4.78 is 4.63. The number of esters is 1. The molecule has 0 aromatic heterocycles. The number of thioether (sulfide) groups is 1. The molecule has 4 nitrogen and oxygen atoms in total. The van der Waals surface area contributed by atoms with Gasteiger partial charge in [0.15, 0.2) is 0 Å². The fraction of sp³-hybridized carbons (Fsp3) is 0.385. The average molecular weight is 302 g/mol. The first kappa shape index (κ1) is 15.9. The van der Waals surface area contributed by atoms with Gasteiger partial charge >= 0.3 is 5.97 Å². The fourth-order valence-electron chi connectivity index (χ4n) is 1.57. The zero-order valence-corrected chi connectivity index (χ0v) is 12.4. The van der Waals surface area contributed by atoms with E-state index in [0.717, 1.165) is 10.5 Å². The van der Waals surface area contributed by atoms with Crippen LogP contribution < -0.4 is 5.32 Å². The third-order valence-electron chi connectivity index (χ3n) is 2.57. The lowest BCUT2D eigenvalue weighted by Crippen LogP contribution is -2.31. The number of alkyl halides is 1. The Hall–Kier alpha value is -1.20. The van der Waals surface area contributed by atoms with Crippen LogP contribution in [0.1, 0.15) is 18.0 Å². The van der Waals surface area contributed by atoms with Gasteiger partial charge in [-0.2, -0.15) is 0 Å². The van der Waals surface area contributed by atoms with Crippen molar-refractivity contribution in [2.45, 2.75) is 17.4 Å². The molecule has 104 valence electrons. The number of hydrogen-bond donors (Lipinski definition) is 1. The highest BCUT2D eigenvalue weighted by molar-refractivity contribution is 7.98. The van der Waals surface area contributed by atoms with Crippen molar-refractivity contribution in [2.75, 3.05) is 19.2 Å². The molecule has 1 aromatic carbocycles. The molecular weight excluding hydrogens is 286 g/mol. The molecule has 0 aliphatic rings. The second-order valence-corrected chi connectivity index (χ2v) is 4.95. The van der Waals surface area contributed by atoms with Crippen molar-refractivity contribution in [1.82, 2.24) is 5.32 Å². The van der Waals surface area contributed by atoms with Crippen molar-refractivity contribution in [3.05, 3.63) is 29.8 Å². The van der Waals surface area contributed by atoms with E-state index < -0.39 is 6.04 Å². The lowest BCUT2D eigenvalue weighted by atomic mass is 10.0. The summed E-state index contributed by atoms with van der Waals surface area (Å²) in [7, 11) is 1.32. The summed E-state index contributed by atoms with van der Waals surface area (Å²) in [6.45, 7) is 0. The molecule has 0 heterocycles. The van der Waals surface area contributed by atoms with Gasteiger partial charge in [0.25, 0.3) is 0 Å². The van der Waals surface area contributed by atoms with Crippen LogP contribution in [0, 0.1) is 0 Å². The largest absolute Gasteiger partial charge is 0.469 e. The van der Waals surface area contributed by atoms with Crippen LogP contribution in [0.5, 0.6) is 0 Å². The van der Waals surface area contributed by atoms with Gasteiger partial charge in [-0.15, -0.1) is 23.4 Å². The monoisotopic (exact) mass is 301 g/mol. The maximum absolute atomic E-state index is 11.4. The number of nitrogens with one attached hydrogen (secondary N) is 1. The van der Waals surface area contributed by atoms with E-state index in [9.17, 15) is 9.59 Å². The smallest absolute Gasteiger partial charge is 0.307 e. The van der Waals surface area contributed by atoms with E-state index in [0.29, 0.717) is 0 Å². The van der Waals surface area contributed by atoms with Gasteiger partial charge in [0.1, 0.15) is 5.88 Å². The van der Waals surface area contributed by atoms with Crippen LogP contribution in [0.25, 0.3) is 0 Å². The molecule has 1 N–H and O–H groups in total. The molecule has 0 radical (unpaired) electrons. The van der Waals surface area contributed by atoms with Gasteiger partial charge < -0.3 is 10.1 Å². The van der Waals surface area contributed by atoms with Gasteiger partial charge in [0, 0.05) is 4.90 Å². The van der Waals surface area contributed by atoms with Crippen LogP contribution in [0.3, 0.4) is 0 Å². The highest BCUT2D eigenvalue weighted by Gasteiger charge is 2.18. The summed E-state index contributed by atoms with van der Waals surface area (Å²) >= 11 is 7.10. The Morgan fingerprint density at radius 3 is 2.47 bits per heavy atom. The molecule has 19 heavy (non-hydrogen) atoms. The van der Waals surface area contributed by atoms with Gasteiger partial charge in [-0.3, -0.25) is 9.59 Å². The Labute approximate surface area is 121 Å². The maximum Gasteiger partial charge on any atom is 0.307 e. The maximum atomic E-state index is 11.4. The van der Waals surface area contributed by atoms with E-state index in [1.54, 1.807) is 11.8 Å². The SMILES string of the molecule is COC(=O)CC(NC(=O)CCl)c1ccc(SC)cc1. The molecule has 0 saturated carbocycles. The molecule has 0 saturated heterocycles. The molecule has 1 atom stereocenters. The number of carbonyl (C=O) groups excluding carboxylic acids is 2. The van der Waals surface area contributed by atoms with Crippen LogP contribution >= 0.6 is 23.4 Å². The van der Waals surface area contributed by atoms with Gasteiger partial charge in [-0.25, -0.2) is 0 Å². The van der Waals surface area contributed by atoms with Crippen LogP contribution in [0.2, 0.25) is 0 Å². The van der Waals surface area contributed by atoms with Crippen LogP contribution in [-0.2, 0) is 14.3 Å². The summed E-state index contributed by atoms with van der Waals surface area (Å²) in [5, 5.41) is 2.71. The Morgan fingerprint density at radius 2 is 2.00 bits per heavy atom. The molecule has 0 aliphatic carbocycles. The van der Waals surface area contributed by atoms with Gasteiger partial charge in [-0.05, 0) is 24.0 Å². The Bertz CT molecular complexity index is 418. The molecule has 0 spiro atoms. The Balaban J connectivity index is 2.86. The first-order valence-electron chi connectivity index (χ1n) is 5.66. The number of carbonyl (C=O) groups is 2. The molecular formula is C13H16ClNO3S. The highest BCUT2D eigenvalue weighted by Crippen LogP contribution is 2.21. The number of hydrogen-bond acceptors (Lipinski definition) is 4. The van der Waals surface area contributed by atoms with Gasteiger partial charge in [0.05, 0.1) is 19.6 Å². The lowest BCUT2D eigenvalue weighted by molar-refractivity contribution is -0.141. The minimum absolute atomic E-state index is 0.0811. The predicted molar refractivity (Wildman–Crippen MR) is 76.5 cm³/mol. The molecule has 6 heteroatoms. The van der Waals surface area contributed by atoms with E-state index in [1.807, 2.05) is 30.5 Å². The van der Waals surface area contributed by atoms with E-state index >= 15 is 0 Å². The normalized spacial score (nSPS) is 11.7. The molecule has 1 aromatic rings. The minimum Gasteiger partial charge on any atom is -0.469 e. The van der Waals surface area contributed by atoms with Crippen molar-refractivity contribution in [3.63, 3.8) is 0 Å². The van der Waals surface area contributed by atoms with Crippen LogP contribution in [0.15, 0.2) is 29.2 Å². The topological polar surface area (TPSA) is 55.4 Å². The van der Waals surface area contributed by atoms with Gasteiger partial charge in [-0.1, -0.05) is 12.1 Å². The lowest BCUT2D eigenvalue weighted by Gasteiger charge is -2.17. The molecule has 0 fully saturated rings. The molecule has 0 aliphatic heterocycles. The minimum atomic E-state index is -0.422. The third-order valence-corrected chi connectivity index (χ3v) is 3.56. The highest BCUT2D eigenvalue weighted by atomic mass is 35.5. The molecule has 1 amide bonds. The van der Waals surface area contributed by atoms with Crippen molar-refractivity contribution in [3.8, 4) is 0 Å². The van der Waals surface area contributed by atoms with Gasteiger partial charge in [0.2, 0.25) is 5.91 Å². The van der Waals surface area contributed by atoms with Crippen molar-refractivity contribution < 1.29 is 14.3 Å².